The van der Waals surface area contributed by atoms with Gasteiger partial charge in [-0.2, -0.15) is 5.10 Å². The lowest BCUT2D eigenvalue weighted by molar-refractivity contribution is 0.627. The minimum atomic E-state index is -0.320. The van der Waals surface area contributed by atoms with E-state index in [4.69, 9.17) is 6.42 Å². The number of hydrogen-bond donors (Lipinski definition) is 0. The molecule has 0 unspecified atom stereocenters. The van der Waals surface area contributed by atoms with Gasteiger partial charge in [0.1, 0.15) is 24.2 Å². The molecule has 2 aromatic heterocycles. The van der Waals surface area contributed by atoms with Gasteiger partial charge in [-0.15, -0.1) is 6.42 Å². The van der Waals surface area contributed by atoms with Crippen LogP contribution in [0.25, 0.3) is 17.1 Å². The van der Waals surface area contributed by atoms with Crippen LogP contribution in [0.5, 0.6) is 0 Å². The number of imidazole rings is 1. The van der Waals surface area contributed by atoms with E-state index in [1.54, 1.807) is 17.1 Å². The van der Waals surface area contributed by atoms with E-state index in [-0.39, 0.29) is 5.82 Å². The molecule has 0 saturated heterocycles. The third-order valence-electron chi connectivity index (χ3n) is 3.38. The van der Waals surface area contributed by atoms with Crippen molar-refractivity contribution in [1.82, 2.24) is 24.3 Å². The Morgan fingerprint density at radius 1 is 1.30 bits per heavy atom. The molecule has 3 heterocycles. The van der Waals surface area contributed by atoms with E-state index in [9.17, 15) is 4.39 Å². The van der Waals surface area contributed by atoms with Crippen molar-refractivity contribution in [2.75, 3.05) is 0 Å². The smallest absolute Gasteiger partial charge is 0.160 e. The molecular weight excluding hydrogens is 257 g/mol. The second kappa shape index (κ2) is 3.78. The Kier molecular flexibility index (Phi) is 2.06. The minimum absolute atomic E-state index is 0.320. The maximum absolute atomic E-state index is 13.6. The molecule has 0 radical (unpaired) electrons. The first-order chi connectivity index (χ1) is 9.78. The predicted octanol–water partition coefficient (Wildman–Crippen LogP) is 1.61. The number of hydrogen-bond acceptors (Lipinski definition) is 3. The highest BCUT2D eigenvalue weighted by Crippen LogP contribution is 2.31. The fourth-order valence-corrected chi connectivity index (χ4v) is 2.48. The molecule has 20 heavy (non-hydrogen) atoms. The molecule has 96 valence electrons. The second-order valence-corrected chi connectivity index (χ2v) is 4.46. The van der Waals surface area contributed by atoms with E-state index in [0.717, 1.165) is 11.4 Å². The van der Waals surface area contributed by atoms with Crippen LogP contribution in [0.1, 0.15) is 11.4 Å². The van der Waals surface area contributed by atoms with Crippen LogP contribution in [0.4, 0.5) is 4.39 Å². The van der Waals surface area contributed by atoms with Crippen molar-refractivity contribution >= 4 is 0 Å². The van der Waals surface area contributed by atoms with Crippen molar-refractivity contribution in [3.05, 3.63) is 48.1 Å². The first-order valence-electron chi connectivity index (χ1n) is 5.99. The Hall–Kier alpha value is -2.94. The standard InChI is InChI=1S/C14H8FN5/c1-2-11-13-6-20-14(16-7-18-20)10-5-9(15)3-4-12(10)19(13)8-17-11/h1,3-5,7-8H,6H2. The van der Waals surface area contributed by atoms with Gasteiger partial charge >= 0.3 is 0 Å². The van der Waals surface area contributed by atoms with Gasteiger partial charge in [0, 0.05) is 5.56 Å². The highest BCUT2D eigenvalue weighted by Gasteiger charge is 2.23. The molecule has 0 bridgehead atoms. The SMILES string of the molecule is C#Cc1ncn2c1Cn1ncnc1-c1cc(F)ccc1-2. The third kappa shape index (κ3) is 1.34. The monoisotopic (exact) mass is 265 g/mol. The van der Waals surface area contributed by atoms with Crippen molar-refractivity contribution in [3.63, 3.8) is 0 Å². The zero-order chi connectivity index (χ0) is 13.7. The van der Waals surface area contributed by atoms with Crippen molar-refractivity contribution in [3.8, 4) is 29.4 Å². The molecular formula is C14H8FN5. The van der Waals surface area contributed by atoms with Crippen LogP contribution in [-0.2, 0) is 6.54 Å². The van der Waals surface area contributed by atoms with Gasteiger partial charge in [-0.1, -0.05) is 0 Å². The van der Waals surface area contributed by atoms with Crippen molar-refractivity contribution < 1.29 is 4.39 Å². The average molecular weight is 265 g/mol. The highest BCUT2D eigenvalue weighted by molar-refractivity contribution is 5.69. The fraction of sp³-hybridized carbons (Fsp3) is 0.0714. The summed E-state index contributed by atoms with van der Waals surface area (Å²) in [6.07, 6.45) is 8.57. The van der Waals surface area contributed by atoms with Crippen LogP contribution in [0.15, 0.2) is 30.9 Å². The number of terminal acetylenes is 1. The summed E-state index contributed by atoms with van der Waals surface area (Å²) >= 11 is 0. The lowest BCUT2D eigenvalue weighted by Crippen LogP contribution is -2.05. The fourth-order valence-electron chi connectivity index (χ4n) is 2.48. The predicted molar refractivity (Wildman–Crippen MR) is 69.6 cm³/mol. The molecule has 1 aliphatic rings. The number of halogens is 1. The molecule has 6 heteroatoms. The van der Waals surface area contributed by atoms with Crippen LogP contribution in [0.3, 0.4) is 0 Å². The lowest BCUT2D eigenvalue weighted by Gasteiger charge is -2.07. The number of fused-ring (bicyclic) bond motifs is 5. The summed E-state index contributed by atoms with van der Waals surface area (Å²) < 4.78 is 17.1. The van der Waals surface area contributed by atoms with Crippen LogP contribution < -0.4 is 0 Å². The molecule has 1 aromatic carbocycles. The summed E-state index contributed by atoms with van der Waals surface area (Å²) in [5.74, 6) is 2.86. The summed E-state index contributed by atoms with van der Waals surface area (Å²) in [6, 6.07) is 4.55. The average Bonchev–Trinajstić information content (AvgIpc) is 3.04. The maximum atomic E-state index is 13.6. The molecule has 0 N–H and O–H groups in total. The van der Waals surface area contributed by atoms with E-state index in [0.29, 0.717) is 23.6 Å². The Morgan fingerprint density at radius 3 is 3.05 bits per heavy atom. The molecule has 0 amide bonds. The van der Waals surface area contributed by atoms with Gasteiger partial charge in [-0.05, 0) is 24.1 Å². The van der Waals surface area contributed by atoms with Gasteiger partial charge in [0.05, 0.1) is 17.9 Å². The molecule has 4 rings (SSSR count). The summed E-state index contributed by atoms with van der Waals surface area (Å²) in [6.45, 7) is 0.450. The van der Waals surface area contributed by atoms with Crippen LogP contribution >= 0.6 is 0 Å². The summed E-state index contributed by atoms with van der Waals surface area (Å²) in [5, 5.41) is 4.17. The van der Waals surface area contributed by atoms with E-state index in [2.05, 4.69) is 21.0 Å². The highest BCUT2D eigenvalue weighted by atomic mass is 19.1. The van der Waals surface area contributed by atoms with Gasteiger partial charge < -0.3 is 0 Å². The molecule has 0 spiro atoms. The van der Waals surface area contributed by atoms with E-state index < -0.39 is 0 Å². The normalized spacial score (nSPS) is 12.0. The first kappa shape index (κ1) is 10.9. The first-order valence-corrected chi connectivity index (χ1v) is 5.99. The van der Waals surface area contributed by atoms with Gasteiger partial charge in [-0.3, -0.25) is 4.57 Å². The van der Waals surface area contributed by atoms with E-state index in [1.807, 2.05) is 4.57 Å². The Labute approximate surface area is 113 Å². The van der Waals surface area contributed by atoms with Crippen LogP contribution in [-0.4, -0.2) is 24.3 Å². The van der Waals surface area contributed by atoms with Gasteiger partial charge in [-0.25, -0.2) is 19.0 Å². The van der Waals surface area contributed by atoms with Crippen molar-refractivity contribution in [1.29, 1.82) is 0 Å². The van der Waals surface area contributed by atoms with E-state index >= 15 is 0 Å². The summed E-state index contributed by atoms with van der Waals surface area (Å²) in [4.78, 5) is 8.43. The molecule has 1 aliphatic heterocycles. The van der Waals surface area contributed by atoms with Gasteiger partial charge in [0.15, 0.2) is 5.82 Å². The van der Waals surface area contributed by atoms with Gasteiger partial charge in [0.25, 0.3) is 0 Å². The van der Waals surface area contributed by atoms with Gasteiger partial charge in [0.2, 0.25) is 0 Å². The molecule has 0 saturated carbocycles. The number of aromatic nitrogens is 5. The molecule has 3 aromatic rings. The van der Waals surface area contributed by atoms with Crippen LogP contribution in [0, 0.1) is 18.2 Å². The van der Waals surface area contributed by atoms with Crippen molar-refractivity contribution in [2.24, 2.45) is 0 Å². The maximum Gasteiger partial charge on any atom is 0.160 e. The minimum Gasteiger partial charge on any atom is -0.299 e. The largest absolute Gasteiger partial charge is 0.299 e. The summed E-state index contributed by atoms with van der Waals surface area (Å²) in [5.41, 5.74) is 2.86. The molecule has 5 nitrogen and oxygen atoms in total. The van der Waals surface area contributed by atoms with E-state index in [1.165, 1.54) is 18.5 Å². The second-order valence-electron chi connectivity index (χ2n) is 4.46. The Morgan fingerprint density at radius 2 is 2.20 bits per heavy atom. The zero-order valence-electron chi connectivity index (χ0n) is 10.3. The Bertz CT molecular complexity index is 868. The molecule has 0 atom stereocenters. The number of benzene rings is 1. The van der Waals surface area contributed by atoms with Crippen molar-refractivity contribution in [2.45, 2.75) is 6.54 Å². The molecule has 0 aliphatic carbocycles. The quantitative estimate of drug-likeness (QED) is 0.454. The number of rotatable bonds is 0. The number of nitrogens with zero attached hydrogens (tertiary/aromatic N) is 5. The summed E-state index contributed by atoms with van der Waals surface area (Å²) in [7, 11) is 0. The lowest BCUT2D eigenvalue weighted by atomic mass is 10.1. The zero-order valence-corrected chi connectivity index (χ0v) is 10.3. The van der Waals surface area contributed by atoms with Crippen LogP contribution in [0.2, 0.25) is 0 Å². The third-order valence-corrected chi connectivity index (χ3v) is 3.38. The topological polar surface area (TPSA) is 48.5 Å². The Balaban J connectivity index is 2.12. The molecule has 0 fully saturated rings.